The highest BCUT2D eigenvalue weighted by Gasteiger charge is 2.34. The molecule has 0 fully saturated rings. The van der Waals surface area contributed by atoms with Crippen LogP contribution >= 0.6 is 0 Å². The molecule has 0 bridgehead atoms. The number of carboxylic acids is 1. The molecule has 0 saturated heterocycles. The van der Waals surface area contributed by atoms with Gasteiger partial charge < -0.3 is 10.4 Å². The summed E-state index contributed by atoms with van der Waals surface area (Å²) in [5.74, 6) is -0.838. The summed E-state index contributed by atoms with van der Waals surface area (Å²) < 4.78 is 1.92. The highest BCUT2D eigenvalue weighted by atomic mass is 16.4. The molecule has 2 unspecified atom stereocenters. The largest absolute Gasteiger partial charge is 0.480 e. The molecule has 0 radical (unpaired) electrons. The van der Waals surface area contributed by atoms with Crippen molar-refractivity contribution in [3.8, 4) is 0 Å². The molecule has 0 aliphatic heterocycles. The van der Waals surface area contributed by atoms with Crippen LogP contribution in [0.2, 0.25) is 0 Å². The van der Waals surface area contributed by atoms with Crippen molar-refractivity contribution in [3.05, 3.63) is 17.0 Å². The van der Waals surface area contributed by atoms with E-state index in [-0.39, 0.29) is 6.04 Å². The van der Waals surface area contributed by atoms with Gasteiger partial charge in [-0.15, -0.1) is 0 Å². The van der Waals surface area contributed by atoms with Gasteiger partial charge in [0, 0.05) is 5.69 Å². The SMILES string of the molecule is CNC(C)(CC(C)n1nc(C)c(C)c1C)C(=O)O. The molecule has 1 rings (SSSR count). The highest BCUT2D eigenvalue weighted by molar-refractivity contribution is 5.78. The maximum atomic E-state index is 11.3. The first-order valence-electron chi connectivity index (χ1n) is 6.17. The van der Waals surface area contributed by atoms with Gasteiger partial charge in [0.25, 0.3) is 0 Å². The number of nitrogens with zero attached hydrogens (tertiary/aromatic N) is 2. The summed E-state index contributed by atoms with van der Waals surface area (Å²) in [6, 6.07) is 0.0333. The molecule has 0 spiro atoms. The van der Waals surface area contributed by atoms with Crippen LogP contribution in [0.1, 0.15) is 43.3 Å². The average Bonchev–Trinajstić information content (AvgIpc) is 2.56. The van der Waals surface area contributed by atoms with Crippen molar-refractivity contribution in [1.82, 2.24) is 15.1 Å². The van der Waals surface area contributed by atoms with Crippen molar-refractivity contribution in [2.45, 2.75) is 52.6 Å². The van der Waals surface area contributed by atoms with Gasteiger partial charge in [-0.3, -0.25) is 9.48 Å². The fourth-order valence-electron chi connectivity index (χ4n) is 2.15. The third-order valence-electron chi connectivity index (χ3n) is 3.83. The topological polar surface area (TPSA) is 67.2 Å². The molecule has 18 heavy (non-hydrogen) atoms. The monoisotopic (exact) mass is 253 g/mol. The molecular weight excluding hydrogens is 230 g/mol. The molecule has 0 aliphatic rings. The standard InChI is InChI=1S/C13H23N3O2/c1-8(7-13(5,14-6)12(17)18)16-11(4)9(2)10(3)15-16/h8,14H,7H2,1-6H3,(H,17,18). The Morgan fingerprint density at radius 1 is 1.50 bits per heavy atom. The molecule has 102 valence electrons. The van der Waals surface area contributed by atoms with E-state index in [9.17, 15) is 9.90 Å². The predicted octanol–water partition coefficient (Wildman–Crippen LogP) is 1.82. The number of rotatable bonds is 5. The van der Waals surface area contributed by atoms with Crippen molar-refractivity contribution in [2.24, 2.45) is 0 Å². The average molecular weight is 253 g/mol. The van der Waals surface area contributed by atoms with Crippen LogP contribution in [0.15, 0.2) is 0 Å². The van der Waals surface area contributed by atoms with Crippen molar-refractivity contribution in [3.63, 3.8) is 0 Å². The first kappa shape index (κ1) is 14.7. The Hall–Kier alpha value is -1.36. The lowest BCUT2D eigenvalue weighted by Gasteiger charge is -2.28. The van der Waals surface area contributed by atoms with Crippen molar-refractivity contribution in [2.75, 3.05) is 7.05 Å². The molecule has 5 nitrogen and oxygen atoms in total. The smallest absolute Gasteiger partial charge is 0.323 e. The molecule has 1 heterocycles. The van der Waals surface area contributed by atoms with E-state index in [4.69, 9.17) is 0 Å². The summed E-state index contributed by atoms with van der Waals surface area (Å²) >= 11 is 0. The first-order chi connectivity index (χ1) is 8.23. The van der Waals surface area contributed by atoms with Gasteiger partial charge in [0.2, 0.25) is 0 Å². The Kier molecular flexibility index (Phi) is 4.16. The molecule has 0 saturated carbocycles. The number of aryl methyl sites for hydroxylation is 1. The molecule has 2 N–H and O–H groups in total. The van der Waals surface area contributed by atoms with Crippen LogP contribution in [-0.2, 0) is 4.79 Å². The lowest BCUT2D eigenvalue weighted by Crippen LogP contribution is -2.48. The zero-order valence-electron chi connectivity index (χ0n) is 12.0. The van der Waals surface area contributed by atoms with Crippen LogP contribution in [0.3, 0.4) is 0 Å². The Bertz CT molecular complexity index is 453. The summed E-state index contributed by atoms with van der Waals surface area (Å²) in [5, 5.41) is 16.6. The fraction of sp³-hybridized carbons (Fsp3) is 0.692. The molecule has 5 heteroatoms. The number of aliphatic carboxylic acids is 1. The normalized spacial score (nSPS) is 16.3. The molecule has 0 amide bonds. The zero-order valence-corrected chi connectivity index (χ0v) is 12.0. The summed E-state index contributed by atoms with van der Waals surface area (Å²) in [6.45, 7) is 9.72. The number of hydrogen-bond acceptors (Lipinski definition) is 3. The van der Waals surface area contributed by atoms with E-state index in [2.05, 4.69) is 10.4 Å². The van der Waals surface area contributed by atoms with Crippen molar-refractivity contribution < 1.29 is 9.90 Å². The third kappa shape index (κ3) is 2.56. The van der Waals surface area contributed by atoms with Gasteiger partial charge in [0.05, 0.1) is 11.7 Å². The van der Waals surface area contributed by atoms with Crippen molar-refractivity contribution >= 4 is 5.97 Å². The minimum atomic E-state index is -0.931. The zero-order chi connectivity index (χ0) is 14.1. The summed E-state index contributed by atoms with van der Waals surface area (Å²) in [6.07, 6.45) is 0.486. The van der Waals surface area contributed by atoms with Gasteiger partial charge in [0.15, 0.2) is 0 Å². The maximum absolute atomic E-state index is 11.3. The fourth-order valence-corrected chi connectivity index (χ4v) is 2.15. The van der Waals surface area contributed by atoms with E-state index in [0.29, 0.717) is 6.42 Å². The minimum absolute atomic E-state index is 0.0333. The Balaban J connectivity index is 2.98. The number of nitrogens with one attached hydrogen (secondary N) is 1. The molecule has 0 aliphatic carbocycles. The predicted molar refractivity (Wildman–Crippen MR) is 70.9 cm³/mol. The quantitative estimate of drug-likeness (QED) is 0.840. The molecule has 0 aromatic carbocycles. The van der Waals surface area contributed by atoms with Crippen LogP contribution in [0, 0.1) is 20.8 Å². The van der Waals surface area contributed by atoms with Gasteiger partial charge in [-0.25, -0.2) is 0 Å². The molecule has 1 aromatic heterocycles. The Morgan fingerprint density at radius 3 is 2.39 bits per heavy atom. The van der Waals surface area contributed by atoms with E-state index >= 15 is 0 Å². The van der Waals surface area contributed by atoms with Crippen LogP contribution in [0.25, 0.3) is 0 Å². The lowest BCUT2D eigenvalue weighted by molar-refractivity contribution is -0.144. The summed E-state index contributed by atoms with van der Waals surface area (Å²) in [7, 11) is 1.67. The highest BCUT2D eigenvalue weighted by Crippen LogP contribution is 2.24. The van der Waals surface area contributed by atoms with Gasteiger partial charge in [0.1, 0.15) is 5.54 Å². The Morgan fingerprint density at radius 2 is 2.06 bits per heavy atom. The van der Waals surface area contributed by atoms with Gasteiger partial charge in [-0.2, -0.15) is 5.10 Å². The Labute approximate surface area is 108 Å². The molecule has 2 atom stereocenters. The first-order valence-corrected chi connectivity index (χ1v) is 6.17. The van der Waals surface area contributed by atoms with E-state index in [1.165, 1.54) is 5.56 Å². The van der Waals surface area contributed by atoms with E-state index in [0.717, 1.165) is 11.4 Å². The van der Waals surface area contributed by atoms with Crippen LogP contribution < -0.4 is 5.32 Å². The van der Waals surface area contributed by atoms with Gasteiger partial charge in [-0.05, 0) is 53.7 Å². The minimum Gasteiger partial charge on any atom is -0.480 e. The second-order valence-electron chi connectivity index (χ2n) is 5.18. The van der Waals surface area contributed by atoms with E-state index in [1.807, 2.05) is 32.4 Å². The second-order valence-corrected chi connectivity index (χ2v) is 5.18. The summed E-state index contributed by atoms with van der Waals surface area (Å²) in [5.41, 5.74) is 2.34. The van der Waals surface area contributed by atoms with Gasteiger partial charge in [-0.1, -0.05) is 0 Å². The van der Waals surface area contributed by atoms with Crippen LogP contribution in [0.4, 0.5) is 0 Å². The van der Waals surface area contributed by atoms with E-state index < -0.39 is 11.5 Å². The van der Waals surface area contributed by atoms with Gasteiger partial charge >= 0.3 is 5.97 Å². The number of carboxylic acid groups (broad SMARTS) is 1. The van der Waals surface area contributed by atoms with Crippen LogP contribution in [0.5, 0.6) is 0 Å². The summed E-state index contributed by atoms with van der Waals surface area (Å²) in [4.78, 5) is 11.3. The number of carbonyl (C=O) groups is 1. The number of hydrogen-bond donors (Lipinski definition) is 2. The third-order valence-corrected chi connectivity index (χ3v) is 3.83. The van der Waals surface area contributed by atoms with E-state index in [1.54, 1.807) is 14.0 Å². The van der Waals surface area contributed by atoms with Crippen LogP contribution in [-0.4, -0.2) is 33.4 Å². The number of likely N-dealkylation sites (N-methyl/N-ethyl adjacent to an activating group) is 1. The molecule has 1 aromatic rings. The lowest BCUT2D eigenvalue weighted by atomic mass is 9.94. The number of aromatic nitrogens is 2. The second kappa shape index (κ2) is 5.10. The molecular formula is C13H23N3O2. The maximum Gasteiger partial charge on any atom is 0.323 e. The van der Waals surface area contributed by atoms with Crippen molar-refractivity contribution in [1.29, 1.82) is 0 Å².